The Morgan fingerprint density at radius 2 is 1.70 bits per heavy atom. The van der Waals surface area contributed by atoms with E-state index in [1.165, 1.54) is 11.6 Å². The third-order valence-electron chi connectivity index (χ3n) is 5.20. The Hall–Kier alpha value is -2.83. The number of sulfonamides is 1. The average molecular weight is 441 g/mol. The Morgan fingerprint density at radius 3 is 2.43 bits per heavy atom. The molecule has 1 aliphatic rings. The number of hydrogen-bond donors (Lipinski definition) is 1. The van der Waals surface area contributed by atoms with Crippen molar-refractivity contribution in [3.63, 3.8) is 0 Å². The fraction of sp³-hybridized carbons (Fsp3) is 0.174. The van der Waals surface area contributed by atoms with Gasteiger partial charge in [0.2, 0.25) is 0 Å². The number of amides is 1. The lowest BCUT2D eigenvalue weighted by Gasteiger charge is -2.29. The smallest absolute Gasteiger partial charge is 0.261 e. The van der Waals surface area contributed by atoms with Gasteiger partial charge in [-0.15, -0.1) is 0 Å². The molecule has 0 atom stereocenters. The van der Waals surface area contributed by atoms with E-state index in [4.69, 9.17) is 11.6 Å². The molecule has 0 saturated heterocycles. The van der Waals surface area contributed by atoms with Crippen molar-refractivity contribution < 1.29 is 13.2 Å². The number of rotatable bonds is 4. The van der Waals surface area contributed by atoms with E-state index in [0.29, 0.717) is 18.8 Å². The maximum absolute atomic E-state index is 13.1. The number of carbonyl (C=O) groups is 1. The lowest BCUT2D eigenvalue weighted by Crippen LogP contribution is -2.36. The van der Waals surface area contributed by atoms with Gasteiger partial charge in [0.15, 0.2) is 0 Å². The first kappa shape index (κ1) is 20.4. The summed E-state index contributed by atoms with van der Waals surface area (Å²) in [7, 11) is -3.77. The molecular formula is C23H21ClN2O3S. The number of fused-ring (bicyclic) bond motifs is 1. The molecule has 0 unspecified atom stereocenters. The molecule has 1 N–H and O–H groups in total. The van der Waals surface area contributed by atoms with Gasteiger partial charge >= 0.3 is 0 Å². The molecule has 0 fully saturated rings. The maximum Gasteiger partial charge on any atom is 0.261 e. The van der Waals surface area contributed by atoms with Gasteiger partial charge < -0.3 is 4.90 Å². The second-order valence-corrected chi connectivity index (χ2v) is 9.45. The van der Waals surface area contributed by atoms with E-state index in [9.17, 15) is 13.2 Å². The molecule has 1 heterocycles. The van der Waals surface area contributed by atoms with Gasteiger partial charge in [-0.2, -0.15) is 0 Å². The molecule has 4 rings (SSSR count). The quantitative estimate of drug-likeness (QED) is 0.642. The molecule has 3 aromatic carbocycles. The summed E-state index contributed by atoms with van der Waals surface area (Å²) in [4.78, 5) is 15.0. The zero-order valence-electron chi connectivity index (χ0n) is 16.4. The summed E-state index contributed by atoms with van der Waals surface area (Å²) in [6, 6.07) is 19.2. The Balaban J connectivity index is 1.58. The van der Waals surface area contributed by atoms with Gasteiger partial charge in [-0.1, -0.05) is 53.6 Å². The van der Waals surface area contributed by atoms with Crippen LogP contribution in [0.25, 0.3) is 0 Å². The summed E-state index contributed by atoms with van der Waals surface area (Å²) in [6.07, 6.45) is 0.777. The SMILES string of the molecule is Cc1ccc(S(=O)(=O)Nc2ccc(Cl)c(C(=O)N3CCc4ccccc4C3)c2)cc1. The molecule has 154 valence electrons. The van der Waals surface area contributed by atoms with Gasteiger partial charge in [0.1, 0.15) is 0 Å². The average Bonchev–Trinajstić information content (AvgIpc) is 2.74. The second-order valence-electron chi connectivity index (χ2n) is 7.36. The fourth-order valence-corrected chi connectivity index (χ4v) is 4.77. The summed E-state index contributed by atoms with van der Waals surface area (Å²) >= 11 is 6.29. The van der Waals surface area contributed by atoms with E-state index in [2.05, 4.69) is 10.8 Å². The number of aryl methyl sites for hydroxylation is 1. The highest BCUT2D eigenvalue weighted by Gasteiger charge is 2.24. The number of benzene rings is 3. The minimum Gasteiger partial charge on any atom is -0.334 e. The van der Waals surface area contributed by atoms with Crippen LogP contribution in [0.2, 0.25) is 5.02 Å². The molecule has 5 nitrogen and oxygen atoms in total. The van der Waals surface area contributed by atoms with Gasteiger partial charge in [0.05, 0.1) is 15.5 Å². The van der Waals surface area contributed by atoms with Crippen molar-refractivity contribution in [3.05, 3.63) is 94.0 Å². The zero-order valence-corrected chi connectivity index (χ0v) is 18.0. The van der Waals surface area contributed by atoms with E-state index < -0.39 is 10.0 Å². The highest BCUT2D eigenvalue weighted by molar-refractivity contribution is 7.92. The third kappa shape index (κ3) is 4.20. The summed E-state index contributed by atoms with van der Waals surface area (Å²) in [5.41, 5.74) is 3.90. The first-order chi connectivity index (χ1) is 14.3. The summed E-state index contributed by atoms with van der Waals surface area (Å²) in [6.45, 7) is 2.98. The second kappa shape index (κ2) is 8.13. The van der Waals surface area contributed by atoms with Crippen LogP contribution < -0.4 is 4.72 Å². The fourth-order valence-electron chi connectivity index (χ4n) is 3.52. The number of nitrogens with one attached hydrogen (secondary N) is 1. The molecule has 0 radical (unpaired) electrons. The molecule has 0 bridgehead atoms. The van der Waals surface area contributed by atoms with Crippen LogP contribution in [0.3, 0.4) is 0 Å². The van der Waals surface area contributed by atoms with E-state index in [0.717, 1.165) is 17.5 Å². The van der Waals surface area contributed by atoms with Crippen molar-refractivity contribution in [3.8, 4) is 0 Å². The molecule has 30 heavy (non-hydrogen) atoms. The van der Waals surface area contributed by atoms with Crippen molar-refractivity contribution in [2.45, 2.75) is 24.8 Å². The minimum absolute atomic E-state index is 0.156. The van der Waals surface area contributed by atoms with Crippen molar-refractivity contribution in [2.75, 3.05) is 11.3 Å². The maximum atomic E-state index is 13.1. The van der Waals surface area contributed by atoms with Crippen LogP contribution in [-0.4, -0.2) is 25.8 Å². The molecule has 1 aliphatic heterocycles. The van der Waals surface area contributed by atoms with Crippen LogP contribution in [0.15, 0.2) is 71.6 Å². The van der Waals surface area contributed by atoms with Crippen LogP contribution in [0, 0.1) is 6.92 Å². The topological polar surface area (TPSA) is 66.5 Å². The number of anilines is 1. The van der Waals surface area contributed by atoms with E-state index in [1.807, 2.05) is 25.1 Å². The summed E-state index contributed by atoms with van der Waals surface area (Å²) in [5, 5.41) is 0.289. The lowest BCUT2D eigenvalue weighted by molar-refractivity contribution is 0.0735. The van der Waals surface area contributed by atoms with Crippen LogP contribution in [-0.2, 0) is 23.0 Å². The first-order valence-corrected chi connectivity index (χ1v) is 11.4. The molecule has 7 heteroatoms. The first-order valence-electron chi connectivity index (χ1n) is 9.58. The Labute approximate surface area is 181 Å². The Morgan fingerprint density at radius 1 is 1.00 bits per heavy atom. The molecule has 0 aromatic heterocycles. The molecular weight excluding hydrogens is 420 g/mol. The van der Waals surface area contributed by atoms with Gasteiger partial charge in [-0.3, -0.25) is 9.52 Å². The van der Waals surface area contributed by atoms with Crippen molar-refractivity contribution in [2.24, 2.45) is 0 Å². The Kier molecular flexibility index (Phi) is 5.54. The van der Waals surface area contributed by atoms with Crippen LogP contribution in [0.4, 0.5) is 5.69 Å². The monoisotopic (exact) mass is 440 g/mol. The summed E-state index contributed by atoms with van der Waals surface area (Å²) in [5.74, 6) is -0.217. The van der Waals surface area contributed by atoms with Gasteiger partial charge in [-0.05, 0) is 54.8 Å². The van der Waals surface area contributed by atoms with E-state index in [-0.39, 0.29) is 21.4 Å². The highest BCUT2D eigenvalue weighted by Crippen LogP contribution is 2.27. The zero-order chi connectivity index (χ0) is 21.3. The molecule has 1 amide bonds. The van der Waals surface area contributed by atoms with Gasteiger partial charge in [-0.25, -0.2) is 8.42 Å². The Bertz CT molecular complexity index is 1210. The largest absolute Gasteiger partial charge is 0.334 e. The number of nitrogens with zero attached hydrogens (tertiary/aromatic N) is 1. The molecule has 0 saturated carbocycles. The van der Waals surface area contributed by atoms with Crippen molar-refractivity contribution >= 4 is 33.2 Å². The van der Waals surface area contributed by atoms with Crippen LogP contribution in [0.1, 0.15) is 27.0 Å². The molecule has 3 aromatic rings. The third-order valence-corrected chi connectivity index (χ3v) is 6.92. The van der Waals surface area contributed by atoms with Crippen LogP contribution in [0.5, 0.6) is 0 Å². The lowest BCUT2D eigenvalue weighted by atomic mass is 9.99. The normalized spacial score (nSPS) is 13.6. The predicted octanol–water partition coefficient (Wildman–Crippen LogP) is 4.65. The number of halogens is 1. The molecule has 0 spiro atoms. The highest BCUT2D eigenvalue weighted by atomic mass is 35.5. The van der Waals surface area contributed by atoms with Crippen molar-refractivity contribution in [1.29, 1.82) is 0 Å². The number of carbonyl (C=O) groups excluding carboxylic acids is 1. The van der Waals surface area contributed by atoms with E-state index in [1.54, 1.807) is 41.3 Å². The van der Waals surface area contributed by atoms with E-state index >= 15 is 0 Å². The van der Waals surface area contributed by atoms with Crippen LogP contribution >= 0.6 is 11.6 Å². The van der Waals surface area contributed by atoms with Gasteiger partial charge in [0.25, 0.3) is 15.9 Å². The predicted molar refractivity (Wildman–Crippen MR) is 118 cm³/mol. The van der Waals surface area contributed by atoms with Crippen molar-refractivity contribution in [1.82, 2.24) is 4.90 Å². The standard InChI is InChI=1S/C23H21ClN2O3S/c1-16-6-9-20(10-7-16)30(28,29)25-19-8-11-22(24)21(14-19)23(27)26-13-12-17-4-2-3-5-18(17)15-26/h2-11,14,25H,12-13,15H2,1H3. The van der Waals surface area contributed by atoms with Gasteiger partial charge in [0, 0.05) is 18.8 Å². The molecule has 0 aliphatic carbocycles. The number of hydrogen-bond acceptors (Lipinski definition) is 3. The summed E-state index contributed by atoms with van der Waals surface area (Å²) < 4.78 is 27.9. The minimum atomic E-state index is -3.77.